The molecule has 26 heavy (non-hydrogen) atoms. The minimum absolute atomic E-state index is 0.0483. The van der Waals surface area contributed by atoms with Gasteiger partial charge in [-0.3, -0.25) is 9.69 Å². The van der Waals surface area contributed by atoms with Crippen molar-refractivity contribution in [3.63, 3.8) is 0 Å². The van der Waals surface area contributed by atoms with E-state index in [4.69, 9.17) is 4.74 Å². The summed E-state index contributed by atoms with van der Waals surface area (Å²) in [6, 6.07) is 2.35. The molecular weight excluding hydrogens is 330 g/mol. The molecule has 0 saturated carbocycles. The standard InChI is InChI=1S/C19H29N5O2/c1-15-4-7-20-19(21-15)23-11-9-22(10-12-23)17-3-2-8-24(18(17)25)16-5-13-26-14-6-16/h4,7,16-17H,2-3,5-6,8-14H2,1H3. The van der Waals surface area contributed by atoms with E-state index in [-0.39, 0.29) is 6.04 Å². The lowest BCUT2D eigenvalue weighted by Gasteiger charge is -2.45. The number of amides is 1. The maximum Gasteiger partial charge on any atom is 0.240 e. The Balaban J connectivity index is 1.36. The molecule has 3 saturated heterocycles. The van der Waals surface area contributed by atoms with Gasteiger partial charge in [0.2, 0.25) is 11.9 Å². The van der Waals surface area contributed by atoms with Gasteiger partial charge in [0.15, 0.2) is 0 Å². The zero-order valence-corrected chi connectivity index (χ0v) is 15.6. The fraction of sp³-hybridized carbons (Fsp3) is 0.737. The number of piperidine rings is 1. The van der Waals surface area contributed by atoms with Crippen molar-refractivity contribution in [2.24, 2.45) is 0 Å². The van der Waals surface area contributed by atoms with Gasteiger partial charge in [0.1, 0.15) is 0 Å². The highest BCUT2D eigenvalue weighted by atomic mass is 16.5. The molecule has 3 aliphatic heterocycles. The number of hydrogen-bond donors (Lipinski definition) is 0. The largest absolute Gasteiger partial charge is 0.381 e. The number of anilines is 1. The Labute approximate surface area is 155 Å². The first kappa shape index (κ1) is 17.7. The molecule has 0 aromatic carbocycles. The minimum atomic E-state index is 0.0483. The summed E-state index contributed by atoms with van der Waals surface area (Å²) in [4.78, 5) is 28.8. The highest BCUT2D eigenvalue weighted by Crippen LogP contribution is 2.25. The summed E-state index contributed by atoms with van der Waals surface area (Å²) >= 11 is 0. The molecule has 4 heterocycles. The Hall–Kier alpha value is -1.73. The van der Waals surface area contributed by atoms with Gasteiger partial charge >= 0.3 is 0 Å². The van der Waals surface area contributed by atoms with Gasteiger partial charge in [-0.25, -0.2) is 9.97 Å². The van der Waals surface area contributed by atoms with E-state index in [0.717, 1.165) is 83.3 Å². The Bertz CT molecular complexity index is 626. The van der Waals surface area contributed by atoms with E-state index in [1.165, 1.54) is 0 Å². The van der Waals surface area contributed by atoms with Crippen LogP contribution < -0.4 is 4.90 Å². The van der Waals surface area contributed by atoms with Crippen molar-refractivity contribution >= 4 is 11.9 Å². The number of rotatable bonds is 3. The molecule has 3 fully saturated rings. The first-order valence-corrected chi connectivity index (χ1v) is 9.89. The third-order valence-electron chi connectivity index (χ3n) is 5.90. The van der Waals surface area contributed by atoms with Crippen molar-refractivity contribution in [1.82, 2.24) is 19.8 Å². The van der Waals surface area contributed by atoms with Gasteiger partial charge in [0, 0.05) is 63.9 Å². The van der Waals surface area contributed by atoms with Crippen LogP contribution in [0.25, 0.3) is 0 Å². The molecule has 1 unspecified atom stereocenters. The predicted molar refractivity (Wildman–Crippen MR) is 99.1 cm³/mol. The van der Waals surface area contributed by atoms with E-state index in [1.54, 1.807) is 0 Å². The molecule has 7 heteroatoms. The number of carbonyl (C=O) groups is 1. The molecule has 1 aromatic rings. The van der Waals surface area contributed by atoms with Gasteiger partial charge in [0.25, 0.3) is 0 Å². The van der Waals surface area contributed by atoms with Gasteiger partial charge in [0.05, 0.1) is 6.04 Å². The maximum atomic E-state index is 13.1. The SMILES string of the molecule is Cc1ccnc(N2CCN(C3CCCN(C4CCOCC4)C3=O)CC2)n1. The average Bonchev–Trinajstić information content (AvgIpc) is 2.69. The normalized spacial score (nSPS) is 26.3. The topological polar surface area (TPSA) is 61.8 Å². The van der Waals surface area contributed by atoms with Crippen molar-refractivity contribution in [1.29, 1.82) is 0 Å². The quantitative estimate of drug-likeness (QED) is 0.805. The van der Waals surface area contributed by atoms with E-state index in [2.05, 4.69) is 24.7 Å². The summed E-state index contributed by atoms with van der Waals surface area (Å²) in [5.74, 6) is 1.15. The van der Waals surface area contributed by atoms with E-state index < -0.39 is 0 Å². The first-order chi connectivity index (χ1) is 12.7. The average molecular weight is 359 g/mol. The van der Waals surface area contributed by atoms with Crippen LogP contribution in [-0.2, 0) is 9.53 Å². The van der Waals surface area contributed by atoms with Crippen LogP contribution in [-0.4, -0.2) is 83.7 Å². The van der Waals surface area contributed by atoms with E-state index in [0.29, 0.717) is 11.9 Å². The Morgan fingerprint density at radius 2 is 1.85 bits per heavy atom. The smallest absolute Gasteiger partial charge is 0.240 e. The molecule has 1 atom stereocenters. The fourth-order valence-corrected chi connectivity index (χ4v) is 4.40. The molecule has 0 spiro atoms. The molecule has 7 nitrogen and oxygen atoms in total. The summed E-state index contributed by atoms with van der Waals surface area (Å²) in [6.07, 6.45) is 5.88. The van der Waals surface area contributed by atoms with Crippen LogP contribution in [0.15, 0.2) is 12.3 Å². The lowest BCUT2D eigenvalue weighted by Crippen LogP contribution is -2.60. The second-order valence-electron chi connectivity index (χ2n) is 7.55. The van der Waals surface area contributed by atoms with E-state index in [9.17, 15) is 4.79 Å². The number of nitrogens with zero attached hydrogens (tertiary/aromatic N) is 5. The molecule has 1 aromatic heterocycles. The van der Waals surface area contributed by atoms with Crippen molar-refractivity contribution in [3.05, 3.63) is 18.0 Å². The predicted octanol–water partition coefficient (Wildman–Crippen LogP) is 1.08. The summed E-state index contributed by atoms with van der Waals surface area (Å²) in [7, 11) is 0. The van der Waals surface area contributed by atoms with Crippen LogP contribution in [0.2, 0.25) is 0 Å². The maximum absolute atomic E-state index is 13.1. The number of ether oxygens (including phenoxy) is 1. The van der Waals surface area contributed by atoms with Gasteiger partial charge < -0.3 is 14.5 Å². The molecule has 0 aliphatic carbocycles. The Morgan fingerprint density at radius 1 is 1.08 bits per heavy atom. The fourth-order valence-electron chi connectivity index (χ4n) is 4.40. The second-order valence-corrected chi connectivity index (χ2v) is 7.55. The molecule has 142 valence electrons. The third-order valence-corrected chi connectivity index (χ3v) is 5.90. The van der Waals surface area contributed by atoms with Crippen molar-refractivity contribution < 1.29 is 9.53 Å². The van der Waals surface area contributed by atoms with Crippen LogP contribution in [0.1, 0.15) is 31.4 Å². The number of aryl methyl sites for hydroxylation is 1. The molecule has 3 aliphatic rings. The lowest BCUT2D eigenvalue weighted by molar-refractivity contribution is -0.145. The van der Waals surface area contributed by atoms with Gasteiger partial charge in [-0.2, -0.15) is 0 Å². The van der Waals surface area contributed by atoms with Gasteiger partial charge in [-0.15, -0.1) is 0 Å². The van der Waals surface area contributed by atoms with Crippen LogP contribution in [0.4, 0.5) is 5.95 Å². The van der Waals surface area contributed by atoms with Crippen molar-refractivity contribution in [2.75, 3.05) is 50.8 Å². The first-order valence-electron chi connectivity index (χ1n) is 9.89. The molecule has 0 bridgehead atoms. The molecular formula is C19H29N5O2. The molecule has 0 N–H and O–H groups in total. The van der Waals surface area contributed by atoms with E-state index in [1.807, 2.05) is 19.2 Å². The summed E-state index contributed by atoms with van der Waals surface area (Å²) in [5.41, 5.74) is 0.993. The number of aromatic nitrogens is 2. The zero-order chi connectivity index (χ0) is 17.9. The summed E-state index contributed by atoms with van der Waals surface area (Å²) in [5, 5.41) is 0. The van der Waals surface area contributed by atoms with Crippen molar-refractivity contribution in [3.8, 4) is 0 Å². The third kappa shape index (κ3) is 3.69. The summed E-state index contributed by atoms with van der Waals surface area (Å²) < 4.78 is 5.47. The minimum Gasteiger partial charge on any atom is -0.381 e. The zero-order valence-electron chi connectivity index (χ0n) is 15.6. The Morgan fingerprint density at radius 3 is 2.58 bits per heavy atom. The molecule has 0 radical (unpaired) electrons. The highest BCUT2D eigenvalue weighted by Gasteiger charge is 2.38. The molecule has 4 rings (SSSR count). The van der Waals surface area contributed by atoms with Crippen molar-refractivity contribution in [2.45, 2.75) is 44.7 Å². The number of piperazine rings is 1. The second kappa shape index (κ2) is 7.88. The number of likely N-dealkylation sites (tertiary alicyclic amines) is 1. The molecule has 1 amide bonds. The summed E-state index contributed by atoms with van der Waals surface area (Å²) in [6.45, 7) is 8.03. The van der Waals surface area contributed by atoms with Gasteiger partial charge in [-0.05, 0) is 38.7 Å². The lowest BCUT2D eigenvalue weighted by atomic mass is 9.97. The van der Waals surface area contributed by atoms with E-state index >= 15 is 0 Å². The van der Waals surface area contributed by atoms with Crippen LogP contribution in [0.5, 0.6) is 0 Å². The van der Waals surface area contributed by atoms with Crippen LogP contribution in [0, 0.1) is 6.92 Å². The highest BCUT2D eigenvalue weighted by molar-refractivity contribution is 5.83. The van der Waals surface area contributed by atoms with Gasteiger partial charge in [-0.1, -0.05) is 0 Å². The number of carbonyl (C=O) groups excluding carboxylic acids is 1. The Kier molecular flexibility index (Phi) is 5.36. The monoisotopic (exact) mass is 359 g/mol. The van der Waals surface area contributed by atoms with Crippen LogP contribution in [0.3, 0.4) is 0 Å². The van der Waals surface area contributed by atoms with Crippen LogP contribution >= 0.6 is 0 Å². The number of hydrogen-bond acceptors (Lipinski definition) is 6.